The molecule has 0 radical (unpaired) electrons. The third-order valence-electron chi connectivity index (χ3n) is 2.02. The Morgan fingerprint density at radius 2 is 1.54 bits per heavy atom. The van der Waals surface area contributed by atoms with E-state index in [-0.39, 0.29) is 0 Å². The van der Waals surface area contributed by atoms with E-state index in [9.17, 15) is 8.42 Å². The van der Waals surface area contributed by atoms with Crippen molar-refractivity contribution in [1.82, 2.24) is 0 Å². The minimum Gasteiger partial charge on any atom is -0.285 e. The summed E-state index contributed by atoms with van der Waals surface area (Å²) in [4.78, 5) is -0.429. The average molecular weight is 229 g/mol. The van der Waals surface area contributed by atoms with E-state index in [4.69, 9.17) is 16.2 Å². The molecule has 5 heteroatoms. The summed E-state index contributed by atoms with van der Waals surface area (Å²) in [6.45, 7) is 6.61. The molecule has 0 amide bonds. The Kier molecular flexibility index (Phi) is 3.81. The zero-order valence-electron chi connectivity index (χ0n) is 8.46. The van der Waals surface area contributed by atoms with Crippen molar-refractivity contribution < 1.29 is 13.0 Å². The molecule has 0 spiro atoms. The van der Waals surface area contributed by atoms with Gasteiger partial charge in [-0.1, -0.05) is 0 Å². The summed E-state index contributed by atoms with van der Waals surface area (Å²) in [5.41, 5.74) is 0. The van der Waals surface area contributed by atoms with Crippen molar-refractivity contribution in [2.75, 3.05) is 0 Å². The maximum atomic E-state index is 10.9. The van der Waals surface area contributed by atoms with E-state index >= 15 is 0 Å². The first-order chi connectivity index (χ1) is 5.46. The molecule has 80 valence electrons. The molecule has 0 saturated heterocycles. The molecule has 13 heavy (non-hydrogen) atoms. The highest BCUT2D eigenvalue weighted by atomic mass is 35.5. The van der Waals surface area contributed by atoms with Crippen molar-refractivity contribution in [2.24, 2.45) is 0 Å². The topological polar surface area (TPSA) is 54.4 Å². The molecule has 0 aromatic carbocycles. The molecule has 0 rings (SSSR count). The Hall–Kier alpha value is 0.200. The van der Waals surface area contributed by atoms with E-state index < -0.39 is 19.7 Å². The molecular formula is C8H17ClO3S. The monoisotopic (exact) mass is 228 g/mol. The SMILES string of the molecule is CC(C)(Cl)CCC(C)(C)S(=O)(=O)O. The van der Waals surface area contributed by atoms with Gasteiger partial charge in [-0.2, -0.15) is 8.42 Å². The van der Waals surface area contributed by atoms with Gasteiger partial charge >= 0.3 is 0 Å². The van der Waals surface area contributed by atoms with Crippen molar-refractivity contribution in [1.29, 1.82) is 0 Å². The summed E-state index contributed by atoms with van der Waals surface area (Å²) in [5, 5.41) is 0. The van der Waals surface area contributed by atoms with Crippen molar-refractivity contribution in [3.05, 3.63) is 0 Å². The molecule has 0 aliphatic carbocycles. The molecule has 0 aromatic rings. The lowest BCUT2D eigenvalue weighted by atomic mass is 9.99. The smallest absolute Gasteiger partial charge is 0.270 e. The summed E-state index contributed by atoms with van der Waals surface area (Å²) in [7, 11) is -3.98. The molecular weight excluding hydrogens is 212 g/mol. The van der Waals surface area contributed by atoms with E-state index in [2.05, 4.69) is 0 Å². The third kappa shape index (κ3) is 4.84. The van der Waals surface area contributed by atoms with Gasteiger partial charge in [0.1, 0.15) is 0 Å². The summed E-state index contributed by atoms with van der Waals surface area (Å²) < 4.78 is 29.5. The van der Waals surface area contributed by atoms with Crippen molar-refractivity contribution in [3.63, 3.8) is 0 Å². The Bertz CT molecular complexity index is 262. The van der Waals surface area contributed by atoms with Crippen LogP contribution in [0.3, 0.4) is 0 Å². The second kappa shape index (κ2) is 3.75. The Balaban J connectivity index is 4.38. The van der Waals surface area contributed by atoms with Gasteiger partial charge in [0.25, 0.3) is 10.1 Å². The minimum atomic E-state index is -3.98. The molecule has 0 saturated carbocycles. The van der Waals surface area contributed by atoms with Gasteiger partial charge in [-0.05, 0) is 40.5 Å². The highest BCUT2D eigenvalue weighted by Crippen LogP contribution is 2.28. The van der Waals surface area contributed by atoms with Gasteiger partial charge in [-0.25, -0.2) is 0 Å². The van der Waals surface area contributed by atoms with Crippen LogP contribution in [0.5, 0.6) is 0 Å². The van der Waals surface area contributed by atoms with Gasteiger partial charge in [0.05, 0.1) is 4.75 Å². The largest absolute Gasteiger partial charge is 0.285 e. The molecule has 0 aliphatic heterocycles. The second-order valence-electron chi connectivity index (χ2n) is 4.45. The van der Waals surface area contributed by atoms with Crippen LogP contribution in [0, 0.1) is 0 Å². The lowest BCUT2D eigenvalue weighted by Gasteiger charge is -2.24. The van der Waals surface area contributed by atoms with Gasteiger partial charge in [0.15, 0.2) is 0 Å². The van der Waals surface area contributed by atoms with Gasteiger partial charge in [-0.15, -0.1) is 11.6 Å². The highest BCUT2D eigenvalue weighted by Gasteiger charge is 2.33. The molecule has 1 N–H and O–H groups in total. The lowest BCUT2D eigenvalue weighted by Crippen LogP contribution is -2.33. The maximum Gasteiger partial charge on any atom is 0.270 e. The molecule has 0 unspecified atom stereocenters. The minimum absolute atomic E-state index is 0.350. The fourth-order valence-corrected chi connectivity index (χ4v) is 1.18. The van der Waals surface area contributed by atoms with Gasteiger partial charge < -0.3 is 0 Å². The van der Waals surface area contributed by atoms with Crippen LogP contribution < -0.4 is 0 Å². The van der Waals surface area contributed by atoms with E-state index in [1.807, 2.05) is 13.8 Å². The Labute approximate surface area is 85.2 Å². The Morgan fingerprint density at radius 1 is 1.15 bits per heavy atom. The molecule has 0 aliphatic rings. The lowest BCUT2D eigenvalue weighted by molar-refractivity contribution is 0.417. The van der Waals surface area contributed by atoms with Crippen molar-refractivity contribution >= 4 is 21.7 Å². The summed E-state index contributed by atoms with van der Waals surface area (Å²) in [5.74, 6) is 0. The average Bonchev–Trinajstić information content (AvgIpc) is 1.79. The van der Waals surface area contributed by atoms with Crippen LogP contribution in [0.25, 0.3) is 0 Å². The van der Waals surface area contributed by atoms with Crippen LogP contribution in [0.15, 0.2) is 0 Å². The van der Waals surface area contributed by atoms with Gasteiger partial charge in [0, 0.05) is 4.87 Å². The van der Waals surface area contributed by atoms with Crippen LogP contribution >= 0.6 is 11.6 Å². The number of hydrogen-bond donors (Lipinski definition) is 1. The summed E-state index contributed by atoms with van der Waals surface area (Å²) in [6.07, 6.45) is 0.893. The van der Waals surface area contributed by atoms with Crippen LogP contribution in [-0.4, -0.2) is 22.6 Å². The summed E-state index contributed by atoms with van der Waals surface area (Å²) in [6, 6.07) is 0. The van der Waals surface area contributed by atoms with Crippen molar-refractivity contribution in [3.8, 4) is 0 Å². The quantitative estimate of drug-likeness (QED) is 0.594. The predicted molar refractivity (Wildman–Crippen MR) is 54.8 cm³/mol. The van der Waals surface area contributed by atoms with Crippen molar-refractivity contribution in [2.45, 2.75) is 50.2 Å². The maximum absolute atomic E-state index is 10.9. The number of alkyl halides is 1. The first kappa shape index (κ1) is 13.2. The molecule has 0 heterocycles. The molecule has 0 fully saturated rings. The fourth-order valence-electron chi connectivity index (χ4n) is 0.727. The molecule has 3 nitrogen and oxygen atoms in total. The fraction of sp³-hybridized carbons (Fsp3) is 1.00. The van der Waals surface area contributed by atoms with Crippen LogP contribution in [0.2, 0.25) is 0 Å². The van der Waals surface area contributed by atoms with E-state index in [1.165, 1.54) is 13.8 Å². The normalized spacial score (nSPS) is 14.6. The van der Waals surface area contributed by atoms with Gasteiger partial charge in [-0.3, -0.25) is 4.55 Å². The first-order valence-electron chi connectivity index (χ1n) is 4.12. The first-order valence-corrected chi connectivity index (χ1v) is 5.93. The van der Waals surface area contributed by atoms with Crippen LogP contribution in [0.1, 0.15) is 40.5 Å². The predicted octanol–water partition coefficient (Wildman–Crippen LogP) is 2.45. The molecule has 0 aromatic heterocycles. The van der Waals surface area contributed by atoms with Crippen LogP contribution in [0.4, 0.5) is 0 Å². The van der Waals surface area contributed by atoms with E-state index in [0.29, 0.717) is 12.8 Å². The third-order valence-corrected chi connectivity index (χ3v) is 3.81. The number of rotatable bonds is 4. The second-order valence-corrected chi connectivity index (χ2v) is 7.53. The summed E-state index contributed by atoms with van der Waals surface area (Å²) >= 11 is 5.91. The van der Waals surface area contributed by atoms with Gasteiger partial charge in [0.2, 0.25) is 0 Å². The molecule has 0 atom stereocenters. The molecule has 0 bridgehead atoms. The zero-order valence-corrected chi connectivity index (χ0v) is 10.0. The van der Waals surface area contributed by atoms with E-state index in [0.717, 1.165) is 0 Å². The number of hydrogen-bond acceptors (Lipinski definition) is 2. The zero-order chi connectivity index (χ0) is 10.9. The number of halogens is 1. The van der Waals surface area contributed by atoms with Crippen LogP contribution in [-0.2, 0) is 10.1 Å². The van der Waals surface area contributed by atoms with E-state index in [1.54, 1.807) is 0 Å². The standard InChI is InChI=1S/C8H17ClO3S/c1-7(2,9)5-6-8(3,4)13(10,11)12/h5-6H2,1-4H3,(H,10,11,12). The Morgan fingerprint density at radius 3 is 1.77 bits per heavy atom. The highest BCUT2D eigenvalue weighted by molar-refractivity contribution is 7.87.